The lowest BCUT2D eigenvalue weighted by atomic mass is 9.84. The summed E-state index contributed by atoms with van der Waals surface area (Å²) in [7, 11) is 1.67. The maximum absolute atomic E-state index is 12.9. The molecule has 0 spiro atoms. The van der Waals surface area contributed by atoms with Gasteiger partial charge in [-0.2, -0.15) is 0 Å². The second-order valence-electron chi connectivity index (χ2n) is 5.75. The molecule has 0 unspecified atom stereocenters. The molecule has 3 rings (SSSR count). The Morgan fingerprint density at radius 1 is 1.48 bits per heavy atom. The molecule has 0 saturated heterocycles. The molecule has 2 aromatic rings. The number of rotatable bonds is 3. The monoisotopic (exact) mass is 341 g/mol. The maximum atomic E-state index is 12.9. The number of nitrogens with zero attached hydrogens (tertiary/aromatic N) is 2. The molecule has 0 fully saturated rings. The highest BCUT2D eigenvalue weighted by Crippen LogP contribution is 2.40. The molecule has 2 aromatic heterocycles. The minimum atomic E-state index is -0.698. The zero-order valence-electron chi connectivity index (χ0n) is 14.3. The van der Waals surface area contributed by atoms with Crippen molar-refractivity contribution in [2.45, 2.75) is 19.8 Å². The summed E-state index contributed by atoms with van der Waals surface area (Å²) in [5, 5.41) is 0. The van der Waals surface area contributed by atoms with Gasteiger partial charge in [0.15, 0.2) is 0 Å². The van der Waals surface area contributed by atoms with E-state index in [1.807, 2.05) is 0 Å². The van der Waals surface area contributed by atoms with Crippen molar-refractivity contribution in [3.8, 4) is 5.75 Å². The Labute approximate surface area is 144 Å². The first-order valence-electron chi connectivity index (χ1n) is 7.90. The molecule has 3 heterocycles. The fourth-order valence-corrected chi connectivity index (χ4v) is 2.93. The number of nitrogens with two attached hydrogens (primary N) is 1. The zero-order valence-corrected chi connectivity index (χ0v) is 14.3. The first-order valence-corrected chi connectivity index (χ1v) is 7.90. The molecule has 1 atom stereocenters. The van der Waals surface area contributed by atoms with E-state index in [0.717, 1.165) is 5.69 Å². The minimum Gasteiger partial charge on any atom is -0.462 e. The number of carbonyl (C=O) groups is 1. The molecule has 1 aliphatic heterocycles. The van der Waals surface area contributed by atoms with Gasteiger partial charge < -0.3 is 19.8 Å². The summed E-state index contributed by atoms with van der Waals surface area (Å²) in [6.07, 6.45) is 3.22. The number of hydrogen-bond donors (Lipinski definition) is 1. The van der Waals surface area contributed by atoms with E-state index in [2.05, 4.69) is 4.98 Å². The summed E-state index contributed by atoms with van der Waals surface area (Å²) >= 11 is 0. The number of ether oxygens (including phenoxy) is 2. The average molecular weight is 341 g/mol. The Morgan fingerprint density at radius 2 is 2.24 bits per heavy atom. The van der Waals surface area contributed by atoms with Gasteiger partial charge in [-0.1, -0.05) is 6.07 Å². The van der Waals surface area contributed by atoms with Gasteiger partial charge in [0.05, 0.1) is 18.1 Å². The van der Waals surface area contributed by atoms with Gasteiger partial charge in [0.2, 0.25) is 5.88 Å². The van der Waals surface area contributed by atoms with E-state index in [9.17, 15) is 9.59 Å². The van der Waals surface area contributed by atoms with E-state index in [0.29, 0.717) is 16.9 Å². The maximum Gasteiger partial charge on any atom is 0.340 e. The number of fused-ring (bicyclic) bond motifs is 1. The number of aromatic nitrogens is 2. The summed E-state index contributed by atoms with van der Waals surface area (Å²) in [4.78, 5) is 29.5. The molecule has 0 bridgehead atoms. The van der Waals surface area contributed by atoms with Crippen LogP contribution in [0.5, 0.6) is 5.75 Å². The van der Waals surface area contributed by atoms with Gasteiger partial charge in [0, 0.05) is 31.2 Å². The summed E-state index contributed by atoms with van der Waals surface area (Å²) in [5.41, 5.74) is 7.62. The van der Waals surface area contributed by atoms with Crippen molar-refractivity contribution in [1.82, 2.24) is 9.55 Å². The Bertz CT molecular complexity index is 916. The molecule has 0 saturated carbocycles. The van der Waals surface area contributed by atoms with Crippen LogP contribution >= 0.6 is 0 Å². The molecule has 130 valence electrons. The number of hydrogen-bond acceptors (Lipinski definition) is 6. The fourth-order valence-electron chi connectivity index (χ4n) is 2.93. The van der Waals surface area contributed by atoms with Gasteiger partial charge in [0.1, 0.15) is 11.3 Å². The number of aryl methyl sites for hydroxylation is 1. The van der Waals surface area contributed by atoms with Crippen molar-refractivity contribution >= 4 is 5.97 Å². The lowest BCUT2D eigenvalue weighted by Gasteiger charge is -2.28. The quantitative estimate of drug-likeness (QED) is 0.847. The van der Waals surface area contributed by atoms with E-state index in [1.54, 1.807) is 51.5 Å². The zero-order chi connectivity index (χ0) is 18.1. The van der Waals surface area contributed by atoms with Crippen LogP contribution in [-0.4, -0.2) is 22.1 Å². The van der Waals surface area contributed by atoms with Gasteiger partial charge in [-0.15, -0.1) is 0 Å². The van der Waals surface area contributed by atoms with Crippen LogP contribution in [0.2, 0.25) is 0 Å². The van der Waals surface area contributed by atoms with Gasteiger partial charge >= 0.3 is 5.97 Å². The normalized spacial score (nSPS) is 16.2. The van der Waals surface area contributed by atoms with E-state index < -0.39 is 11.9 Å². The van der Waals surface area contributed by atoms with E-state index in [1.165, 1.54) is 4.57 Å². The molecule has 25 heavy (non-hydrogen) atoms. The molecular formula is C18H19N3O4. The van der Waals surface area contributed by atoms with E-state index in [-0.39, 0.29) is 23.6 Å². The smallest absolute Gasteiger partial charge is 0.340 e. The average Bonchev–Trinajstić information content (AvgIpc) is 2.59. The van der Waals surface area contributed by atoms with Crippen LogP contribution in [0.3, 0.4) is 0 Å². The summed E-state index contributed by atoms with van der Waals surface area (Å²) in [6, 6.07) is 5.26. The summed E-state index contributed by atoms with van der Waals surface area (Å²) in [6.45, 7) is 3.69. The standard InChI is InChI=1S/C18H19N3O4/c1-4-24-18(23)15-13(11-6-5-7-20-9-11)14-12(25-16(15)19)8-10(2)21(3)17(14)22/h5-9,13H,4,19H2,1-3H3/t13-/m1/s1. The topological polar surface area (TPSA) is 96.4 Å². The van der Waals surface area contributed by atoms with Crippen LogP contribution in [0.25, 0.3) is 0 Å². The van der Waals surface area contributed by atoms with Crippen molar-refractivity contribution in [3.05, 3.63) is 69.2 Å². The highest BCUT2D eigenvalue weighted by Gasteiger charge is 2.38. The highest BCUT2D eigenvalue weighted by molar-refractivity contribution is 5.92. The van der Waals surface area contributed by atoms with Crippen molar-refractivity contribution in [1.29, 1.82) is 0 Å². The molecule has 0 aromatic carbocycles. The first kappa shape index (κ1) is 16.8. The number of esters is 1. The number of pyridine rings is 2. The van der Waals surface area contributed by atoms with E-state index in [4.69, 9.17) is 15.2 Å². The van der Waals surface area contributed by atoms with Gasteiger partial charge in [-0.25, -0.2) is 4.79 Å². The van der Waals surface area contributed by atoms with Crippen LogP contribution in [-0.2, 0) is 16.6 Å². The predicted molar refractivity (Wildman–Crippen MR) is 91.0 cm³/mol. The van der Waals surface area contributed by atoms with Crippen molar-refractivity contribution in [3.63, 3.8) is 0 Å². The molecule has 0 amide bonds. The van der Waals surface area contributed by atoms with Crippen LogP contribution in [0, 0.1) is 6.92 Å². The van der Waals surface area contributed by atoms with Crippen molar-refractivity contribution in [2.24, 2.45) is 12.8 Å². The SMILES string of the molecule is CCOC(=O)C1=C(N)Oc2cc(C)n(C)c(=O)c2[C@H]1c1cccnc1. The second kappa shape index (κ2) is 6.43. The molecule has 7 nitrogen and oxygen atoms in total. The third-order valence-corrected chi connectivity index (χ3v) is 4.25. The second-order valence-corrected chi connectivity index (χ2v) is 5.75. The lowest BCUT2D eigenvalue weighted by molar-refractivity contribution is -0.139. The van der Waals surface area contributed by atoms with Crippen LogP contribution in [0.15, 0.2) is 46.8 Å². The summed E-state index contributed by atoms with van der Waals surface area (Å²) < 4.78 is 12.2. The lowest BCUT2D eigenvalue weighted by Crippen LogP contribution is -2.34. The molecule has 7 heteroatoms. The largest absolute Gasteiger partial charge is 0.462 e. The Morgan fingerprint density at radius 3 is 2.88 bits per heavy atom. The number of carbonyl (C=O) groups excluding carboxylic acids is 1. The fraction of sp³-hybridized carbons (Fsp3) is 0.278. The third-order valence-electron chi connectivity index (χ3n) is 4.25. The Kier molecular flexibility index (Phi) is 4.31. The van der Waals surface area contributed by atoms with Gasteiger partial charge in [0.25, 0.3) is 5.56 Å². The Balaban J connectivity index is 2.30. The molecule has 1 aliphatic rings. The minimum absolute atomic E-state index is 0.0625. The predicted octanol–water partition coefficient (Wildman–Crippen LogP) is 1.35. The van der Waals surface area contributed by atoms with Gasteiger partial charge in [-0.05, 0) is 25.5 Å². The first-order chi connectivity index (χ1) is 12.0. The third kappa shape index (κ3) is 2.77. The molecule has 2 N–H and O–H groups in total. The molecular weight excluding hydrogens is 322 g/mol. The van der Waals surface area contributed by atoms with Crippen LogP contribution in [0.4, 0.5) is 0 Å². The van der Waals surface area contributed by atoms with Crippen molar-refractivity contribution in [2.75, 3.05) is 6.61 Å². The van der Waals surface area contributed by atoms with Gasteiger partial charge in [-0.3, -0.25) is 9.78 Å². The summed E-state index contributed by atoms with van der Waals surface area (Å²) in [5.74, 6) is -1.02. The highest BCUT2D eigenvalue weighted by atomic mass is 16.5. The molecule has 0 radical (unpaired) electrons. The van der Waals surface area contributed by atoms with Crippen molar-refractivity contribution < 1.29 is 14.3 Å². The van der Waals surface area contributed by atoms with Crippen LogP contribution < -0.4 is 16.0 Å². The van der Waals surface area contributed by atoms with Crippen LogP contribution in [0.1, 0.15) is 29.7 Å². The van der Waals surface area contributed by atoms with E-state index >= 15 is 0 Å². The Hall–Kier alpha value is -3.09. The molecule has 0 aliphatic carbocycles.